The summed E-state index contributed by atoms with van der Waals surface area (Å²) < 4.78 is 5.22. The number of para-hydroxylation sites is 1. The number of carbonyl (C=O) groups excluding carboxylic acids is 2. The molecule has 0 unspecified atom stereocenters. The molecule has 0 atom stereocenters. The first-order chi connectivity index (χ1) is 13.7. The van der Waals surface area contributed by atoms with Crippen LogP contribution >= 0.6 is 0 Å². The third-order valence-electron chi connectivity index (χ3n) is 4.95. The maximum atomic E-state index is 12.3. The highest BCUT2D eigenvalue weighted by atomic mass is 16.5. The molecule has 140 valence electrons. The third kappa shape index (κ3) is 3.96. The van der Waals surface area contributed by atoms with Crippen molar-refractivity contribution in [3.63, 3.8) is 0 Å². The van der Waals surface area contributed by atoms with Crippen LogP contribution < -0.4 is 5.32 Å². The van der Waals surface area contributed by atoms with E-state index in [9.17, 15) is 9.59 Å². The zero-order valence-electron chi connectivity index (χ0n) is 15.5. The summed E-state index contributed by atoms with van der Waals surface area (Å²) in [7, 11) is 0. The quantitative estimate of drug-likeness (QED) is 0.665. The monoisotopic (exact) mass is 371 g/mol. The van der Waals surface area contributed by atoms with Crippen molar-refractivity contribution >= 4 is 17.6 Å². The number of rotatable bonds is 5. The van der Waals surface area contributed by atoms with Crippen molar-refractivity contribution in [1.82, 2.24) is 0 Å². The number of hydrogen-bond donors (Lipinski definition) is 1. The Morgan fingerprint density at radius 1 is 0.857 bits per heavy atom. The summed E-state index contributed by atoms with van der Waals surface area (Å²) in [6, 6.07) is 23.0. The summed E-state index contributed by atoms with van der Waals surface area (Å²) in [6.45, 7) is -0.320. The summed E-state index contributed by atoms with van der Waals surface area (Å²) in [5.41, 5.74) is 5.61. The number of esters is 1. The maximum Gasteiger partial charge on any atom is 0.338 e. The second-order valence-electron chi connectivity index (χ2n) is 6.87. The van der Waals surface area contributed by atoms with Gasteiger partial charge >= 0.3 is 5.97 Å². The van der Waals surface area contributed by atoms with E-state index < -0.39 is 5.97 Å². The zero-order chi connectivity index (χ0) is 19.3. The van der Waals surface area contributed by atoms with E-state index in [1.54, 1.807) is 6.07 Å². The molecular weight excluding hydrogens is 350 g/mol. The van der Waals surface area contributed by atoms with Gasteiger partial charge in [-0.15, -0.1) is 0 Å². The average molecular weight is 371 g/mol. The Morgan fingerprint density at radius 2 is 1.61 bits per heavy atom. The number of carbonyl (C=O) groups is 2. The van der Waals surface area contributed by atoms with Gasteiger partial charge in [0.15, 0.2) is 6.61 Å². The molecule has 0 spiro atoms. The second kappa shape index (κ2) is 8.09. The summed E-state index contributed by atoms with van der Waals surface area (Å²) in [5, 5.41) is 2.84. The molecular formula is C24H21NO3. The molecule has 1 amide bonds. The predicted octanol–water partition coefficient (Wildman–Crippen LogP) is 4.64. The van der Waals surface area contributed by atoms with E-state index in [1.807, 2.05) is 66.7 Å². The van der Waals surface area contributed by atoms with Gasteiger partial charge in [0.2, 0.25) is 0 Å². The molecule has 1 N–H and O–H groups in total. The third-order valence-corrected chi connectivity index (χ3v) is 4.95. The lowest BCUT2D eigenvalue weighted by Crippen LogP contribution is -2.21. The molecule has 0 heterocycles. The molecule has 0 saturated heterocycles. The highest BCUT2D eigenvalue weighted by molar-refractivity contribution is 5.98. The first kappa shape index (κ1) is 18.0. The fourth-order valence-corrected chi connectivity index (χ4v) is 3.56. The fraction of sp³-hybridized carbons (Fsp3) is 0.167. The minimum Gasteiger partial charge on any atom is -0.452 e. The van der Waals surface area contributed by atoms with E-state index in [4.69, 9.17) is 4.74 Å². The number of benzene rings is 3. The van der Waals surface area contributed by atoms with Crippen molar-refractivity contribution in [2.75, 3.05) is 11.9 Å². The Kier molecular flexibility index (Phi) is 5.20. The van der Waals surface area contributed by atoms with Crippen LogP contribution in [0.2, 0.25) is 0 Å². The Balaban J connectivity index is 1.40. The van der Waals surface area contributed by atoms with Crippen molar-refractivity contribution in [2.45, 2.75) is 19.3 Å². The fourth-order valence-electron chi connectivity index (χ4n) is 3.56. The summed E-state index contributed by atoms with van der Waals surface area (Å²) >= 11 is 0. The van der Waals surface area contributed by atoms with Crippen LogP contribution in [-0.2, 0) is 22.4 Å². The van der Waals surface area contributed by atoms with Crippen LogP contribution in [0.15, 0.2) is 72.8 Å². The SMILES string of the molecule is O=C(COC(=O)c1ccc2c(c1)CCC2)Nc1ccccc1-c1ccccc1. The van der Waals surface area contributed by atoms with Crippen LogP contribution in [0.3, 0.4) is 0 Å². The van der Waals surface area contributed by atoms with Crippen molar-refractivity contribution in [1.29, 1.82) is 0 Å². The number of hydrogen-bond acceptors (Lipinski definition) is 3. The standard InChI is InChI=1S/C24H21NO3/c26-23(16-28-24(27)20-14-13-17-9-6-10-19(17)15-20)25-22-12-5-4-11-21(22)18-7-2-1-3-8-18/h1-5,7-8,11-15H,6,9-10,16H2,(H,25,26). The van der Waals surface area contributed by atoms with E-state index in [2.05, 4.69) is 5.32 Å². The largest absolute Gasteiger partial charge is 0.452 e. The Bertz CT molecular complexity index is 1010. The van der Waals surface area contributed by atoms with Crippen molar-refractivity contribution in [3.05, 3.63) is 89.5 Å². The van der Waals surface area contributed by atoms with Gasteiger partial charge in [0.1, 0.15) is 0 Å². The van der Waals surface area contributed by atoms with Gasteiger partial charge in [-0.25, -0.2) is 4.79 Å². The number of aryl methyl sites for hydroxylation is 2. The molecule has 0 aromatic heterocycles. The lowest BCUT2D eigenvalue weighted by molar-refractivity contribution is -0.119. The van der Waals surface area contributed by atoms with Gasteiger partial charge < -0.3 is 10.1 Å². The molecule has 0 bridgehead atoms. The number of nitrogens with one attached hydrogen (secondary N) is 1. The molecule has 4 nitrogen and oxygen atoms in total. The molecule has 4 rings (SSSR count). The van der Waals surface area contributed by atoms with E-state index in [0.717, 1.165) is 30.4 Å². The van der Waals surface area contributed by atoms with Crippen molar-refractivity contribution in [2.24, 2.45) is 0 Å². The molecule has 1 aliphatic rings. The van der Waals surface area contributed by atoms with Crippen LogP contribution in [0, 0.1) is 0 Å². The molecule has 0 fully saturated rings. The lowest BCUT2D eigenvalue weighted by Gasteiger charge is -2.12. The summed E-state index contributed by atoms with van der Waals surface area (Å²) in [6.07, 6.45) is 3.18. The molecule has 3 aromatic carbocycles. The minimum absolute atomic E-state index is 0.320. The number of ether oxygens (including phenoxy) is 1. The van der Waals surface area contributed by atoms with Crippen LogP contribution in [0.4, 0.5) is 5.69 Å². The molecule has 28 heavy (non-hydrogen) atoms. The van der Waals surface area contributed by atoms with Crippen molar-refractivity contribution < 1.29 is 14.3 Å². The van der Waals surface area contributed by atoms with Gasteiger partial charge in [-0.05, 0) is 54.2 Å². The van der Waals surface area contributed by atoms with Crippen molar-refractivity contribution in [3.8, 4) is 11.1 Å². The lowest BCUT2D eigenvalue weighted by atomic mass is 10.0. The Morgan fingerprint density at radius 3 is 2.46 bits per heavy atom. The number of fused-ring (bicyclic) bond motifs is 1. The van der Waals surface area contributed by atoms with E-state index >= 15 is 0 Å². The zero-order valence-corrected chi connectivity index (χ0v) is 15.5. The topological polar surface area (TPSA) is 55.4 Å². The summed E-state index contributed by atoms with van der Waals surface area (Å²) in [5.74, 6) is -0.834. The second-order valence-corrected chi connectivity index (χ2v) is 6.87. The highest BCUT2D eigenvalue weighted by Crippen LogP contribution is 2.27. The number of anilines is 1. The summed E-state index contributed by atoms with van der Waals surface area (Å²) in [4.78, 5) is 24.6. The van der Waals surface area contributed by atoms with Crippen LogP contribution in [0.1, 0.15) is 27.9 Å². The van der Waals surface area contributed by atoms with Gasteiger partial charge in [0.25, 0.3) is 5.91 Å². The van der Waals surface area contributed by atoms with Crippen LogP contribution in [0.25, 0.3) is 11.1 Å². The van der Waals surface area contributed by atoms with E-state index in [0.29, 0.717) is 11.3 Å². The van der Waals surface area contributed by atoms with Crippen LogP contribution in [0.5, 0.6) is 0 Å². The Hall–Kier alpha value is -3.40. The van der Waals surface area contributed by atoms with Crippen LogP contribution in [-0.4, -0.2) is 18.5 Å². The van der Waals surface area contributed by atoms with Gasteiger partial charge in [0.05, 0.1) is 5.56 Å². The number of amides is 1. The average Bonchev–Trinajstić information content (AvgIpc) is 3.21. The van der Waals surface area contributed by atoms with E-state index in [-0.39, 0.29) is 12.5 Å². The molecule has 3 aromatic rings. The molecule has 0 radical (unpaired) electrons. The molecule has 4 heteroatoms. The normalized spacial score (nSPS) is 12.3. The first-order valence-corrected chi connectivity index (χ1v) is 9.44. The van der Waals surface area contributed by atoms with Gasteiger partial charge in [0, 0.05) is 11.3 Å². The first-order valence-electron chi connectivity index (χ1n) is 9.44. The molecule has 1 aliphatic carbocycles. The molecule has 0 saturated carbocycles. The smallest absolute Gasteiger partial charge is 0.338 e. The Labute approximate surface area is 164 Å². The highest BCUT2D eigenvalue weighted by Gasteiger charge is 2.16. The van der Waals surface area contributed by atoms with Gasteiger partial charge in [-0.3, -0.25) is 4.79 Å². The minimum atomic E-state index is -0.471. The van der Waals surface area contributed by atoms with E-state index in [1.165, 1.54) is 11.1 Å². The van der Waals surface area contributed by atoms with Gasteiger partial charge in [-0.2, -0.15) is 0 Å². The maximum absolute atomic E-state index is 12.3. The molecule has 0 aliphatic heterocycles. The van der Waals surface area contributed by atoms with Gasteiger partial charge in [-0.1, -0.05) is 54.6 Å². The predicted molar refractivity (Wildman–Crippen MR) is 109 cm³/mol.